The van der Waals surface area contributed by atoms with Gasteiger partial charge in [-0.25, -0.2) is 4.98 Å². The molecule has 7 heteroatoms. The van der Waals surface area contributed by atoms with Gasteiger partial charge in [0.2, 0.25) is 0 Å². The average molecular weight is 307 g/mol. The van der Waals surface area contributed by atoms with Crippen LogP contribution in [0.3, 0.4) is 0 Å². The minimum atomic E-state index is -0.289. The van der Waals surface area contributed by atoms with Crippen LogP contribution in [0, 0.1) is 0 Å². The fraction of sp³-hybridized carbons (Fsp3) is 0.0625. The van der Waals surface area contributed by atoms with Crippen LogP contribution in [0.2, 0.25) is 0 Å². The number of rotatable bonds is 1. The third kappa shape index (κ3) is 1.80. The molecule has 1 aromatic carbocycles. The van der Waals surface area contributed by atoms with Gasteiger partial charge < -0.3 is 10.8 Å². The molecule has 0 saturated heterocycles. The zero-order chi connectivity index (χ0) is 16.1. The number of phenolic OH excluding ortho intramolecular Hbond substituents is 1. The highest BCUT2D eigenvalue weighted by atomic mass is 16.3. The lowest BCUT2D eigenvalue weighted by molar-refractivity contribution is 0.475. The molecule has 0 bridgehead atoms. The number of phenols is 1. The number of nitrogens with two attached hydrogens (primary N) is 1. The highest BCUT2D eigenvalue weighted by molar-refractivity contribution is 6.06. The third-order valence-electron chi connectivity index (χ3n) is 3.85. The third-order valence-corrected chi connectivity index (χ3v) is 3.85. The van der Waals surface area contributed by atoms with Crippen LogP contribution >= 0.6 is 0 Å². The van der Waals surface area contributed by atoms with E-state index in [0.29, 0.717) is 22.2 Å². The van der Waals surface area contributed by atoms with E-state index in [4.69, 9.17) is 5.73 Å². The summed E-state index contributed by atoms with van der Waals surface area (Å²) in [5.41, 5.74) is 7.41. The molecule has 4 aromatic rings. The van der Waals surface area contributed by atoms with Crippen molar-refractivity contribution in [3.63, 3.8) is 0 Å². The molecule has 0 radical (unpaired) electrons. The maximum absolute atomic E-state index is 13.0. The number of benzene rings is 1. The van der Waals surface area contributed by atoms with E-state index in [1.165, 1.54) is 16.7 Å². The molecule has 4 rings (SSSR count). The van der Waals surface area contributed by atoms with Crippen molar-refractivity contribution >= 4 is 27.8 Å². The van der Waals surface area contributed by atoms with Crippen LogP contribution < -0.4 is 11.3 Å². The van der Waals surface area contributed by atoms with E-state index in [-0.39, 0.29) is 17.1 Å². The van der Waals surface area contributed by atoms with Gasteiger partial charge in [-0.3, -0.25) is 14.0 Å². The van der Waals surface area contributed by atoms with Crippen LogP contribution in [0.15, 0.2) is 47.4 Å². The van der Waals surface area contributed by atoms with Crippen LogP contribution in [-0.4, -0.2) is 24.4 Å². The Bertz CT molecular complexity index is 1110. The van der Waals surface area contributed by atoms with Gasteiger partial charge in [0.25, 0.3) is 5.56 Å². The summed E-state index contributed by atoms with van der Waals surface area (Å²) in [6.45, 7) is 0. The van der Waals surface area contributed by atoms with E-state index < -0.39 is 0 Å². The van der Waals surface area contributed by atoms with Crippen molar-refractivity contribution in [1.29, 1.82) is 0 Å². The van der Waals surface area contributed by atoms with E-state index >= 15 is 0 Å². The van der Waals surface area contributed by atoms with Gasteiger partial charge in [-0.15, -0.1) is 0 Å². The number of nitrogens with zero attached hydrogens (tertiary/aromatic N) is 4. The average Bonchev–Trinajstić information content (AvgIpc) is 2.84. The molecule has 3 N–H and O–H groups in total. The molecule has 0 atom stereocenters. The molecule has 23 heavy (non-hydrogen) atoms. The highest BCUT2D eigenvalue weighted by Crippen LogP contribution is 2.26. The zero-order valence-electron chi connectivity index (χ0n) is 12.3. The first-order valence-electron chi connectivity index (χ1n) is 6.99. The number of aromatic nitrogens is 4. The number of hydrogen-bond acceptors (Lipinski definition) is 5. The van der Waals surface area contributed by atoms with Gasteiger partial charge in [-0.2, -0.15) is 5.10 Å². The van der Waals surface area contributed by atoms with Gasteiger partial charge in [0.1, 0.15) is 16.8 Å². The van der Waals surface area contributed by atoms with Gasteiger partial charge in [-0.1, -0.05) is 0 Å². The van der Waals surface area contributed by atoms with E-state index in [1.807, 2.05) is 6.07 Å². The molecular weight excluding hydrogens is 294 g/mol. The smallest absolute Gasteiger partial charge is 0.270 e. The van der Waals surface area contributed by atoms with Gasteiger partial charge in [0, 0.05) is 18.6 Å². The Balaban J connectivity index is 2.27. The van der Waals surface area contributed by atoms with Crippen molar-refractivity contribution in [3.05, 3.63) is 52.9 Å². The molecule has 0 aliphatic carbocycles. The number of hydrogen-bond donors (Lipinski definition) is 2. The van der Waals surface area contributed by atoms with E-state index in [1.54, 1.807) is 36.1 Å². The Labute approximate surface area is 130 Å². The zero-order valence-corrected chi connectivity index (χ0v) is 12.3. The molecular formula is C16H13N5O2. The van der Waals surface area contributed by atoms with E-state index in [0.717, 1.165) is 5.39 Å². The molecule has 0 aliphatic rings. The predicted octanol–water partition coefficient (Wildman–Crippen LogP) is 1.56. The summed E-state index contributed by atoms with van der Waals surface area (Å²) in [5, 5.41) is 14.8. The number of nitrogen functional groups attached to an aromatic ring is 1. The first-order valence-corrected chi connectivity index (χ1v) is 6.99. The summed E-state index contributed by atoms with van der Waals surface area (Å²) in [4.78, 5) is 17.3. The summed E-state index contributed by atoms with van der Waals surface area (Å²) in [5.74, 6) is 0.312. The SMILES string of the molecule is Cn1nc(N)c2c(=O)n(-c3ccc(O)cc3)c3ncccc3c21. The summed E-state index contributed by atoms with van der Waals surface area (Å²) < 4.78 is 3.08. The molecule has 0 fully saturated rings. The Kier molecular flexibility index (Phi) is 2.65. The molecule has 0 spiro atoms. The largest absolute Gasteiger partial charge is 0.508 e. The topological polar surface area (TPSA) is 99.0 Å². The first kappa shape index (κ1) is 13.3. The lowest BCUT2D eigenvalue weighted by Crippen LogP contribution is -2.20. The van der Waals surface area contributed by atoms with Crippen LogP contribution in [0.5, 0.6) is 5.75 Å². The van der Waals surface area contributed by atoms with E-state index in [2.05, 4.69) is 10.1 Å². The minimum absolute atomic E-state index is 0.126. The maximum atomic E-state index is 13.0. The first-order chi connectivity index (χ1) is 11.1. The lowest BCUT2D eigenvalue weighted by Gasteiger charge is -2.11. The van der Waals surface area contributed by atoms with Crippen LogP contribution in [-0.2, 0) is 7.05 Å². The maximum Gasteiger partial charge on any atom is 0.270 e. The van der Waals surface area contributed by atoms with Crippen molar-refractivity contribution in [2.24, 2.45) is 7.05 Å². The van der Waals surface area contributed by atoms with Crippen molar-refractivity contribution in [2.75, 3.05) is 5.73 Å². The molecule has 0 aliphatic heterocycles. The number of anilines is 1. The van der Waals surface area contributed by atoms with Gasteiger partial charge in [-0.05, 0) is 36.4 Å². The van der Waals surface area contributed by atoms with Crippen molar-refractivity contribution in [1.82, 2.24) is 19.3 Å². The summed E-state index contributed by atoms with van der Waals surface area (Å²) in [7, 11) is 1.75. The molecule has 3 aromatic heterocycles. The second-order valence-electron chi connectivity index (χ2n) is 5.26. The normalized spacial score (nSPS) is 11.3. The fourth-order valence-electron chi connectivity index (χ4n) is 2.87. The summed E-state index contributed by atoms with van der Waals surface area (Å²) >= 11 is 0. The van der Waals surface area contributed by atoms with Gasteiger partial charge in [0.05, 0.1) is 11.2 Å². The van der Waals surface area contributed by atoms with Crippen molar-refractivity contribution < 1.29 is 5.11 Å². The monoisotopic (exact) mass is 307 g/mol. The predicted molar refractivity (Wildman–Crippen MR) is 87.7 cm³/mol. The summed E-state index contributed by atoms with van der Waals surface area (Å²) in [6.07, 6.45) is 1.63. The Morgan fingerprint density at radius 1 is 1.17 bits per heavy atom. The van der Waals surface area contributed by atoms with Crippen molar-refractivity contribution in [3.8, 4) is 11.4 Å². The molecule has 0 unspecified atom stereocenters. The van der Waals surface area contributed by atoms with Crippen molar-refractivity contribution in [2.45, 2.75) is 0 Å². The van der Waals surface area contributed by atoms with Gasteiger partial charge in [0.15, 0.2) is 5.82 Å². The fourth-order valence-corrected chi connectivity index (χ4v) is 2.87. The number of aromatic hydroxyl groups is 1. The second-order valence-corrected chi connectivity index (χ2v) is 5.26. The molecule has 7 nitrogen and oxygen atoms in total. The minimum Gasteiger partial charge on any atom is -0.508 e. The molecule has 3 heterocycles. The number of fused-ring (bicyclic) bond motifs is 3. The van der Waals surface area contributed by atoms with Crippen LogP contribution in [0.4, 0.5) is 5.82 Å². The molecule has 0 saturated carbocycles. The highest BCUT2D eigenvalue weighted by Gasteiger charge is 2.19. The molecule has 0 amide bonds. The van der Waals surface area contributed by atoms with E-state index in [9.17, 15) is 9.90 Å². The van der Waals surface area contributed by atoms with Crippen LogP contribution in [0.1, 0.15) is 0 Å². The summed E-state index contributed by atoms with van der Waals surface area (Å²) in [6, 6.07) is 10.0. The Morgan fingerprint density at radius 2 is 1.91 bits per heavy atom. The van der Waals surface area contributed by atoms with Gasteiger partial charge >= 0.3 is 0 Å². The van der Waals surface area contributed by atoms with Crippen LogP contribution in [0.25, 0.3) is 27.6 Å². The lowest BCUT2D eigenvalue weighted by atomic mass is 10.2. The second kappa shape index (κ2) is 4.57. The standard InChI is InChI=1S/C16H13N5O2/c1-20-13-11-3-2-8-18-15(11)21(9-4-6-10(22)7-5-9)16(23)12(13)14(17)19-20/h2-8,22H,1H3,(H2,17,19). The quantitative estimate of drug-likeness (QED) is 0.556. The Hall–Kier alpha value is -3.35. The number of pyridine rings is 2. The number of aryl methyl sites for hydroxylation is 1. The molecule has 114 valence electrons. The Morgan fingerprint density at radius 3 is 2.65 bits per heavy atom.